The zero-order valence-electron chi connectivity index (χ0n) is 5.73. The summed E-state index contributed by atoms with van der Waals surface area (Å²) in [6, 6.07) is 0. The summed E-state index contributed by atoms with van der Waals surface area (Å²) in [5.41, 5.74) is 0.864. The van der Waals surface area contributed by atoms with E-state index >= 15 is 0 Å². The summed E-state index contributed by atoms with van der Waals surface area (Å²) >= 11 is 12.6. The van der Waals surface area contributed by atoms with Crippen LogP contribution in [-0.2, 0) is 6.42 Å². The molecule has 64 valence electrons. The SMILES string of the molecule is O=C1c2c(Cl)sc(Cl)c2CC1F. The molecule has 0 aromatic carbocycles. The van der Waals surface area contributed by atoms with Gasteiger partial charge in [0.05, 0.1) is 9.90 Å². The van der Waals surface area contributed by atoms with Gasteiger partial charge in [-0.2, -0.15) is 0 Å². The first-order valence-electron chi connectivity index (χ1n) is 3.26. The minimum Gasteiger partial charge on any atom is -0.291 e. The highest BCUT2D eigenvalue weighted by molar-refractivity contribution is 7.20. The molecule has 1 unspecified atom stereocenters. The standard InChI is InChI=1S/C7H3Cl2FOS/c8-6-2-1-3(10)5(11)4(2)7(9)12-6/h3H,1H2. The topological polar surface area (TPSA) is 17.1 Å². The number of fused-ring (bicyclic) bond motifs is 1. The second-order valence-electron chi connectivity index (χ2n) is 2.54. The van der Waals surface area contributed by atoms with Crippen LogP contribution in [0.5, 0.6) is 0 Å². The van der Waals surface area contributed by atoms with Crippen molar-refractivity contribution in [2.45, 2.75) is 12.6 Å². The predicted octanol–water partition coefficient (Wildman–Crippen LogP) is 3.13. The Morgan fingerprint density at radius 3 is 2.67 bits per heavy atom. The molecule has 0 saturated heterocycles. The van der Waals surface area contributed by atoms with Crippen LogP contribution in [0.25, 0.3) is 0 Å². The van der Waals surface area contributed by atoms with Gasteiger partial charge in [0.1, 0.15) is 4.34 Å². The third kappa shape index (κ3) is 1.00. The Kier molecular flexibility index (Phi) is 1.90. The number of halogens is 3. The predicted molar refractivity (Wildman–Crippen MR) is 47.3 cm³/mol. The summed E-state index contributed by atoms with van der Waals surface area (Å²) in [5.74, 6) is -0.529. The maximum absolute atomic E-state index is 12.8. The average Bonchev–Trinajstić information content (AvgIpc) is 2.41. The van der Waals surface area contributed by atoms with E-state index in [4.69, 9.17) is 23.2 Å². The molecule has 1 aromatic heterocycles. The fourth-order valence-corrected chi connectivity index (χ4v) is 3.02. The molecule has 0 fully saturated rings. The third-order valence-corrected chi connectivity index (χ3v) is 3.52. The molecule has 0 N–H and O–H groups in total. The molecule has 1 nitrogen and oxygen atoms in total. The summed E-state index contributed by atoms with van der Waals surface area (Å²) < 4.78 is 13.6. The molecule has 1 aromatic rings. The molecule has 5 heteroatoms. The highest BCUT2D eigenvalue weighted by Crippen LogP contribution is 2.42. The molecule has 0 amide bonds. The molecule has 0 radical (unpaired) electrons. The lowest BCUT2D eigenvalue weighted by molar-refractivity contribution is 0.0899. The van der Waals surface area contributed by atoms with E-state index in [2.05, 4.69) is 0 Å². The number of hydrogen-bond donors (Lipinski definition) is 0. The Bertz CT molecular complexity index is 361. The molecule has 2 rings (SSSR count). The van der Waals surface area contributed by atoms with E-state index in [-0.39, 0.29) is 6.42 Å². The summed E-state index contributed by atoms with van der Waals surface area (Å²) in [5, 5.41) is 0. The molecule has 0 aliphatic heterocycles. The van der Waals surface area contributed by atoms with Crippen molar-refractivity contribution in [1.82, 2.24) is 0 Å². The normalized spacial score (nSPS) is 21.6. The van der Waals surface area contributed by atoms with Gasteiger partial charge < -0.3 is 0 Å². The van der Waals surface area contributed by atoms with E-state index in [0.717, 1.165) is 11.3 Å². The van der Waals surface area contributed by atoms with Crippen LogP contribution in [0.3, 0.4) is 0 Å². The second kappa shape index (κ2) is 2.69. The lowest BCUT2D eigenvalue weighted by Gasteiger charge is -1.92. The molecular weight excluding hydrogens is 222 g/mol. The Morgan fingerprint density at radius 2 is 2.08 bits per heavy atom. The van der Waals surface area contributed by atoms with Gasteiger partial charge in [0.15, 0.2) is 12.0 Å². The molecular formula is C7H3Cl2FOS. The van der Waals surface area contributed by atoms with Crippen LogP contribution >= 0.6 is 34.5 Å². The molecule has 1 atom stereocenters. The van der Waals surface area contributed by atoms with Crippen molar-refractivity contribution in [2.75, 3.05) is 0 Å². The fourth-order valence-electron chi connectivity index (χ4n) is 1.26. The number of Topliss-reactive ketones (excluding diaryl/α,β-unsaturated/α-hetero) is 1. The summed E-state index contributed by atoms with van der Waals surface area (Å²) in [7, 11) is 0. The van der Waals surface area contributed by atoms with Gasteiger partial charge in [-0.3, -0.25) is 4.79 Å². The Hall–Kier alpha value is -0.120. The van der Waals surface area contributed by atoms with E-state index in [0.29, 0.717) is 19.8 Å². The average molecular weight is 225 g/mol. The molecule has 12 heavy (non-hydrogen) atoms. The van der Waals surface area contributed by atoms with E-state index in [9.17, 15) is 9.18 Å². The van der Waals surface area contributed by atoms with Gasteiger partial charge in [-0.25, -0.2) is 4.39 Å². The minimum atomic E-state index is -1.45. The molecule has 1 aliphatic rings. The van der Waals surface area contributed by atoms with Crippen molar-refractivity contribution in [2.24, 2.45) is 0 Å². The van der Waals surface area contributed by atoms with Crippen molar-refractivity contribution in [1.29, 1.82) is 0 Å². The lowest BCUT2D eigenvalue weighted by atomic mass is 10.2. The van der Waals surface area contributed by atoms with Gasteiger partial charge >= 0.3 is 0 Å². The maximum atomic E-state index is 12.8. The highest BCUT2D eigenvalue weighted by atomic mass is 35.5. The number of hydrogen-bond acceptors (Lipinski definition) is 2. The molecule has 1 heterocycles. The first-order chi connectivity index (χ1) is 5.61. The number of carbonyl (C=O) groups excluding carboxylic acids is 1. The van der Waals surface area contributed by atoms with Crippen molar-refractivity contribution in [3.05, 3.63) is 19.8 Å². The Labute approximate surface area is 82.1 Å². The highest BCUT2D eigenvalue weighted by Gasteiger charge is 2.35. The number of ketones is 1. The van der Waals surface area contributed by atoms with E-state index < -0.39 is 12.0 Å². The summed E-state index contributed by atoms with van der Waals surface area (Å²) in [6.07, 6.45) is -1.37. The van der Waals surface area contributed by atoms with Crippen LogP contribution in [0.4, 0.5) is 4.39 Å². The third-order valence-electron chi connectivity index (χ3n) is 1.83. The number of alkyl halides is 1. The Morgan fingerprint density at radius 1 is 1.42 bits per heavy atom. The fraction of sp³-hybridized carbons (Fsp3) is 0.286. The number of rotatable bonds is 0. The maximum Gasteiger partial charge on any atom is 0.199 e. The van der Waals surface area contributed by atoms with E-state index in [1.165, 1.54) is 0 Å². The van der Waals surface area contributed by atoms with E-state index in [1.807, 2.05) is 0 Å². The van der Waals surface area contributed by atoms with Crippen LogP contribution in [0.15, 0.2) is 0 Å². The van der Waals surface area contributed by atoms with Gasteiger partial charge in [0, 0.05) is 6.42 Å². The quantitative estimate of drug-likeness (QED) is 0.662. The van der Waals surface area contributed by atoms with Crippen molar-refractivity contribution in [3.63, 3.8) is 0 Å². The lowest BCUT2D eigenvalue weighted by Crippen LogP contribution is -2.08. The minimum absolute atomic E-state index is 0.0796. The van der Waals surface area contributed by atoms with Crippen molar-refractivity contribution < 1.29 is 9.18 Å². The Balaban J connectivity index is 2.63. The van der Waals surface area contributed by atoms with Crippen LogP contribution in [0, 0.1) is 0 Å². The molecule has 0 saturated carbocycles. The molecule has 1 aliphatic carbocycles. The van der Waals surface area contributed by atoms with Gasteiger partial charge in [-0.15, -0.1) is 11.3 Å². The van der Waals surface area contributed by atoms with Gasteiger partial charge in [0.25, 0.3) is 0 Å². The molecule has 0 bridgehead atoms. The largest absolute Gasteiger partial charge is 0.291 e. The molecule has 0 spiro atoms. The zero-order valence-corrected chi connectivity index (χ0v) is 8.06. The van der Waals surface area contributed by atoms with Crippen LogP contribution < -0.4 is 0 Å². The van der Waals surface area contributed by atoms with Crippen molar-refractivity contribution >= 4 is 40.3 Å². The number of thiophene rings is 1. The smallest absolute Gasteiger partial charge is 0.199 e. The van der Waals surface area contributed by atoms with Crippen molar-refractivity contribution in [3.8, 4) is 0 Å². The monoisotopic (exact) mass is 224 g/mol. The first kappa shape index (κ1) is 8.48. The van der Waals surface area contributed by atoms with Crippen LogP contribution in [-0.4, -0.2) is 12.0 Å². The van der Waals surface area contributed by atoms with Crippen LogP contribution in [0.2, 0.25) is 8.67 Å². The van der Waals surface area contributed by atoms with Crippen LogP contribution in [0.1, 0.15) is 15.9 Å². The first-order valence-corrected chi connectivity index (χ1v) is 4.83. The van der Waals surface area contributed by atoms with Gasteiger partial charge in [-0.05, 0) is 5.56 Å². The van der Waals surface area contributed by atoms with Gasteiger partial charge in [0.2, 0.25) is 0 Å². The summed E-state index contributed by atoms with van der Waals surface area (Å²) in [4.78, 5) is 11.1. The zero-order chi connectivity index (χ0) is 8.88. The van der Waals surface area contributed by atoms with E-state index in [1.54, 1.807) is 0 Å². The summed E-state index contributed by atoms with van der Waals surface area (Å²) in [6.45, 7) is 0. The second-order valence-corrected chi connectivity index (χ2v) is 4.76. The number of carbonyl (C=O) groups is 1. The van der Waals surface area contributed by atoms with Gasteiger partial charge in [-0.1, -0.05) is 23.2 Å².